The Morgan fingerprint density at radius 2 is 2.14 bits per heavy atom. The monoisotopic (exact) mass is 191 g/mol. The highest BCUT2D eigenvalue weighted by Gasteiger charge is 2.04. The third-order valence-corrected chi connectivity index (χ3v) is 1.81. The molecule has 2 aromatic rings. The molecule has 0 amide bonds. The van der Waals surface area contributed by atoms with Gasteiger partial charge in [-0.2, -0.15) is 0 Å². The minimum Gasteiger partial charge on any atom is -0.383 e. The number of aldehydes is 1. The van der Waals surface area contributed by atoms with Gasteiger partial charge >= 0.3 is 0 Å². The van der Waals surface area contributed by atoms with Crippen LogP contribution in [0.3, 0.4) is 0 Å². The van der Waals surface area contributed by atoms with Gasteiger partial charge in [0, 0.05) is 11.5 Å². The van der Waals surface area contributed by atoms with Crippen LogP contribution >= 0.6 is 0 Å². The summed E-state index contributed by atoms with van der Waals surface area (Å²) in [6.07, 6.45) is 0.473. The molecule has 1 heterocycles. The Labute approximate surface area is 78.6 Å². The van der Waals surface area contributed by atoms with Crippen LogP contribution in [-0.4, -0.2) is 16.3 Å². The average molecular weight is 191 g/mol. The zero-order chi connectivity index (χ0) is 10.1. The number of nitrogens with zero attached hydrogens (tertiary/aromatic N) is 2. The van der Waals surface area contributed by atoms with Crippen molar-refractivity contribution in [1.82, 2.24) is 9.97 Å². The first kappa shape index (κ1) is 8.55. The predicted octanol–water partition coefficient (Wildman–Crippen LogP) is 1.16. The highest BCUT2D eigenvalue weighted by atomic mass is 19.1. The van der Waals surface area contributed by atoms with E-state index in [2.05, 4.69) is 9.97 Å². The molecule has 4 nitrogen and oxygen atoms in total. The number of rotatable bonds is 1. The molecule has 0 fully saturated rings. The van der Waals surface area contributed by atoms with Crippen molar-refractivity contribution < 1.29 is 9.18 Å². The number of nitrogens with two attached hydrogens (primary N) is 1. The lowest BCUT2D eigenvalue weighted by Crippen LogP contribution is -1.99. The highest BCUT2D eigenvalue weighted by molar-refractivity contribution is 5.90. The Kier molecular flexibility index (Phi) is 1.85. The Morgan fingerprint density at radius 1 is 1.36 bits per heavy atom. The van der Waals surface area contributed by atoms with Gasteiger partial charge in [-0.25, -0.2) is 14.4 Å². The van der Waals surface area contributed by atoms with Crippen LogP contribution in [0.1, 0.15) is 10.6 Å². The van der Waals surface area contributed by atoms with Crippen molar-refractivity contribution in [3.63, 3.8) is 0 Å². The molecular weight excluding hydrogens is 185 g/mol. The third-order valence-electron chi connectivity index (χ3n) is 1.81. The number of benzene rings is 1. The number of hydrogen-bond acceptors (Lipinski definition) is 4. The van der Waals surface area contributed by atoms with Crippen molar-refractivity contribution in [2.45, 2.75) is 0 Å². The highest BCUT2D eigenvalue weighted by Crippen LogP contribution is 2.17. The van der Waals surface area contributed by atoms with Gasteiger partial charge in [0.1, 0.15) is 11.6 Å². The first-order chi connectivity index (χ1) is 6.70. The number of nitrogen functional groups attached to an aromatic ring is 1. The largest absolute Gasteiger partial charge is 0.383 e. The van der Waals surface area contributed by atoms with E-state index < -0.39 is 5.82 Å². The summed E-state index contributed by atoms with van der Waals surface area (Å²) in [5, 5.41) is 0.539. The fourth-order valence-electron chi connectivity index (χ4n) is 1.20. The third kappa shape index (κ3) is 1.28. The SMILES string of the molecule is Nc1nc(C=O)nc2cc(F)ccc12. The Morgan fingerprint density at radius 3 is 2.86 bits per heavy atom. The summed E-state index contributed by atoms with van der Waals surface area (Å²) in [7, 11) is 0. The van der Waals surface area contributed by atoms with E-state index in [1.807, 2.05) is 0 Å². The van der Waals surface area contributed by atoms with Gasteiger partial charge in [-0.05, 0) is 12.1 Å². The van der Waals surface area contributed by atoms with Crippen LogP contribution in [0, 0.1) is 5.82 Å². The number of carbonyl (C=O) groups is 1. The van der Waals surface area contributed by atoms with Crippen molar-refractivity contribution in [2.24, 2.45) is 0 Å². The molecule has 0 aliphatic heterocycles. The van der Waals surface area contributed by atoms with Gasteiger partial charge in [0.15, 0.2) is 12.1 Å². The summed E-state index contributed by atoms with van der Waals surface area (Å²) in [5.41, 5.74) is 5.88. The van der Waals surface area contributed by atoms with Crippen LogP contribution in [-0.2, 0) is 0 Å². The van der Waals surface area contributed by atoms with Gasteiger partial charge in [-0.3, -0.25) is 4.79 Å². The molecular formula is C9H6FN3O. The molecule has 0 spiro atoms. The van der Waals surface area contributed by atoms with E-state index in [1.165, 1.54) is 18.2 Å². The maximum atomic E-state index is 12.8. The Balaban J connectivity index is 2.83. The van der Waals surface area contributed by atoms with E-state index in [0.29, 0.717) is 17.2 Å². The molecule has 0 saturated carbocycles. The fraction of sp³-hybridized carbons (Fsp3) is 0. The summed E-state index contributed by atoms with van der Waals surface area (Å²) in [6, 6.07) is 3.96. The molecule has 2 rings (SSSR count). The summed E-state index contributed by atoms with van der Waals surface area (Å²) >= 11 is 0. The van der Waals surface area contributed by atoms with Gasteiger partial charge in [-0.15, -0.1) is 0 Å². The normalized spacial score (nSPS) is 10.4. The molecule has 70 valence electrons. The van der Waals surface area contributed by atoms with Gasteiger partial charge in [-0.1, -0.05) is 0 Å². The molecule has 0 unspecified atom stereocenters. The van der Waals surface area contributed by atoms with Crippen LogP contribution in [0.5, 0.6) is 0 Å². The van der Waals surface area contributed by atoms with E-state index in [4.69, 9.17) is 5.73 Å². The lowest BCUT2D eigenvalue weighted by atomic mass is 10.2. The van der Waals surface area contributed by atoms with Crippen molar-refractivity contribution in [3.05, 3.63) is 29.8 Å². The van der Waals surface area contributed by atoms with E-state index >= 15 is 0 Å². The van der Waals surface area contributed by atoms with Gasteiger partial charge in [0.05, 0.1) is 5.52 Å². The molecule has 0 aliphatic carbocycles. The minimum absolute atomic E-state index is 0.0411. The second-order valence-electron chi connectivity index (χ2n) is 2.75. The summed E-state index contributed by atoms with van der Waals surface area (Å²) < 4.78 is 12.8. The molecule has 14 heavy (non-hydrogen) atoms. The Hall–Kier alpha value is -2.04. The molecule has 0 radical (unpaired) electrons. The zero-order valence-corrected chi connectivity index (χ0v) is 7.07. The molecule has 0 aliphatic rings. The lowest BCUT2D eigenvalue weighted by Gasteiger charge is -2.00. The van der Waals surface area contributed by atoms with Crippen LogP contribution < -0.4 is 5.73 Å². The summed E-state index contributed by atoms with van der Waals surface area (Å²) in [5.74, 6) is -0.287. The molecule has 5 heteroatoms. The predicted molar refractivity (Wildman–Crippen MR) is 49.3 cm³/mol. The number of fused-ring (bicyclic) bond motifs is 1. The maximum absolute atomic E-state index is 12.8. The second kappa shape index (κ2) is 3.02. The van der Waals surface area contributed by atoms with E-state index in [1.54, 1.807) is 0 Å². The van der Waals surface area contributed by atoms with Gasteiger partial charge in [0.2, 0.25) is 0 Å². The van der Waals surface area contributed by atoms with E-state index in [0.717, 1.165) is 0 Å². The maximum Gasteiger partial charge on any atom is 0.195 e. The average Bonchev–Trinajstić information content (AvgIpc) is 2.16. The quantitative estimate of drug-likeness (QED) is 0.687. The molecule has 2 N–H and O–H groups in total. The van der Waals surface area contributed by atoms with Crippen LogP contribution in [0.25, 0.3) is 10.9 Å². The van der Waals surface area contributed by atoms with E-state index in [9.17, 15) is 9.18 Å². The fourth-order valence-corrected chi connectivity index (χ4v) is 1.20. The number of carbonyl (C=O) groups excluding carboxylic acids is 1. The standard InChI is InChI=1S/C9H6FN3O/c10-5-1-2-6-7(3-5)12-8(4-14)13-9(6)11/h1-4H,(H2,11,12,13). The van der Waals surface area contributed by atoms with Crippen LogP contribution in [0.2, 0.25) is 0 Å². The molecule has 0 atom stereocenters. The first-order valence-corrected chi connectivity index (χ1v) is 3.88. The number of aromatic nitrogens is 2. The summed E-state index contributed by atoms with van der Waals surface area (Å²) in [4.78, 5) is 18.0. The topological polar surface area (TPSA) is 68.9 Å². The van der Waals surface area contributed by atoms with Gasteiger partial charge < -0.3 is 5.73 Å². The molecule has 0 saturated heterocycles. The van der Waals surface area contributed by atoms with E-state index in [-0.39, 0.29) is 11.6 Å². The minimum atomic E-state index is -0.424. The number of halogens is 1. The van der Waals surface area contributed by atoms with Crippen molar-refractivity contribution in [3.8, 4) is 0 Å². The van der Waals surface area contributed by atoms with Crippen LogP contribution in [0.15, 0.2) is 18.2 Å². The van der Waals surface area contributed by atoms with Crippen molar-refractivity contribution in [2.75, 3.05) is 5.73 Å². The molecule has 1 aromatic carbocycles. The van der Waals surface area contributed by atoms with Crippen molar-refractivity contribution in [1.29, 1.82) is 0 Å². The van der Waals surface area contributed by atoms with Gasteiger partial charge in [0.25, 0.3) is 0 Å². The molecule has 0 bridgehead atoms. The number of anilines is 1. The lowest BCUT2D eigenvalue weighted by molar-refractivity contribution is 0.111. The first-order valence-electron chi connectivity index (χ1n) is 3.88. The smallest absolute Gasteiger partial charge is 0.195 e. The number of hydrogen-bond donors (Lipinski definition) is 1. The Bertz CT molecular complexity index is 513. The zero-order valence-electron chi connectivity index (χ0n) is 7.07. The summed E-state index contributed by atoms with van der Waals surface area (Å²) in [6.45, 7) is 0. The van der Waals surface area contributed by atoms with Crippen molar-refractivity contribution >= 4 is 23.0 Å². The second-order valence-corrected chi connectivity index (χ2v) is 2.75. The van der Waals surface area contributed by atoms with Crippen LogP contribution in [0.4, 0.5) is 10.2 Å². The molecule has 1 aromatic heterocycles.